The van der Waals surface area contributed by atoms with Gasteiger partial charge in [0, 0.05) is 13.1 Å². The Bertz CT molecular complexity index is 999. The zero-order chi connectivity index (χ0) is 20.4. The van der Waals surface area contributed by atoms with E-state index in [1.54, 1.807) is 24.0 Å². The molecule has 7 heteroatoms. The molecule has 2 aromatic heterocycles. The topological polar surface area (TPSA) is 96.8 Å². The van der Waals surface area contributed by atoms with E-state index in [2.05, 4.69) is 4.98 Å². The fourth-order valence-corrected chi connectivity index (χ4v) is 3.87. The lowest BCUT2D eigenvalue weighted by Crippen LogP contribution is -2.49. The Kier molecular flexibility index (Phi) is 4.96. The molecule has 0 bridgehead atoms. The van der Waals surface area contributed by atoms with Crippen LogP contribution in [0.4, 0.5) is 0 Å². The molecule has 1 amide bonds. The first-order chi connectivity index (χ1) is 14.0. The van der Waals surface area contributed by atoms with Crippen molar-refractivity contribution in [2.45, 2.75) is 31.6 Å². The third-order valence-corrected chi connectivity index (χ3v) is 5.65. The van der Waals surface area contributed by atoms with Crippen molar-refractivity contribution in [3.05, 3.63) is 65.7 Å². The summed E-state index contributed by atoms with van der Waals surface area (Å²) in [5, 5.41) is 9.90. The summed E-state index contributed by atoms with van der Waals surface area (Å²) in [7, 11) is 0. The number of hydrogen-bond acceptors (Lipinski definition) is 5. The van der Waals surface area contributed by atoms with Crippen molar-refractivity contribution in [3.8, 4) is 11.7 Å². The molecule has 29 heavy (non-hydrogen) atoms. The van der Waals surface area contributed by atoms with Gasteiger partial charge in [0.15, 0.2) is 5.76 Å². The second kappa shape index (κ2) is 7.58. The van der Waals surface area contributed by atoms with Crippen molar-refractivity contribution in [2.75, 3.05) is 13.1 Å². The van der Waals surface area contributed by atoms with Gasteiger partial charge in [-0.05, 0) is 37.5 Å². The standard InChI is InChI=1S/C22H22N2O5/c1-15-17(23-20(29-15)18-8-5-13-28-18)14-19(25)24-11-9-22(10-12-24,21(26)27)16-6-3-2-4-7-16/h2-8,13H,9-12,14H2,1H3,(H,26,27). The lowest BCUT2D eigenvalue weighted by Gasteiger charge is -2.39. The minimum absolute atomic E-state index is 0.0838. The summed E-state index contributed by atoms with van der Waals surface area (Å²) in [6.45, 7) is 2.55. The summed E-state index contributed by atoms with van der Waals surface area (Å²) < 4.78 is 10.9. The number of aromatic nitrogens is 1. The second-order valence-electron chi connectivity index (χ2n) is 7.31. The third kappa shape index (κ3) is 3.55. The van der Waals surface area contributed by atoms with E-state index in [0.717, 1.165) is 5.56 Å². The van der Waals surface area contributed by atoms with Crippen molar-refractivity contribution in [3.63, 3.8) is 0 Å². The average Bonchev–Trinajstić information content (AvgIpc) is 3.39. The van der Waals surface area contributed by atoms with Gasteiger partial charge in [0.1, 0.15) is 5.76 Å². The Morgan fingerprint density at radius 3 is 2.48 bits per heavy atom. The number of furan rings is 1. The minimum atomic E-state index is -0.950. The quantitative estimate of drug-likeness (QED) is 0.712. The van der Waals surface area contributed by atoms with Crippen LogP contribution in [0.1, 0.15) is 29.9 Å². The molecule has 3 heterocycles. The van der Waals surface area contributed by atoms with Gasteiger partial charge in [0.05, 0.1) is 23.8 Å². The van der Waals surface area contributed by atoms with E-state index in [9.17, 15) is 14.7 Å². The molecule has 1 aromatic carbocycles. The highest BCUT2D eigenvalue weighted by Gasteiger charge is 2.43. The average molecular weight is 394 g/mol. The van der Waals surface area contributed by atoms with Crippen LogP contribution < -0.4 is 0 Å². The van der Waals surface area contributed by atoms with Crippen LogP contribution >= 0.6 is 0 Å². The summed E-state index contributed by atoms with van der Waals surface area (Å²) >= 11 is 0. The van der Waals surface area contributed by atoms with E-state index < -0.39 is 11.4 Å². The molecule has 3 aromatic rings. The van der Waals surface area contributed by atoms with Crippen molar-refractivity contribution in [1.29, 1.82) is 0 Å². The summed E-state index contributed by atoms with van der Waals surface area (Å²) in [6, 6.07) is 12.8. The van der Waals surface area contributed by atoms with E-state index in [4.69, 9.17) is 8.83 Å². The number of aliphatic carboxylic acids is 1. The molecule has 0 unspecified atom stereocenters. The van der Waals surface area contributed by atoms with Gasteiger partial charge in [0.2, 0.25) is 5.91 Å². The van der Waals surface area contributed by atoms with E-state index in [1.165, 1.54) is 6.26 Å². The highest BCUT2D eigenvalue weighted by molar-refractivity contribution is 5.83. The number of nitrogens with zero attached hydrogens (tertiary/aromatic N) is 2. The lowest BCUT2D eigenvalue weighted by molar-refractivity contribution is -0.148. The van der Waals surface area contributed by atoms with Gasteiger partial charge in [-0.25, -0.2) is 4.98 Å². The van der Waals surface area contributed by atoms with Crippen molar-refractivity contribution < 1.29 is 23.5 Å². The van der Waals surface area contributed by atoms with Crippen LogP contribution in [0, 0.1) is 6.92 Å². The lowest BCUT2D eigenvalue weighted by atomic mass is 9.73. The number of carboxylic acid groups (broad SMARTS) is 1. The Hall–Kier alpha value is -3.35. The van der Waals surface area contributed by atoms with Crippen LogP contribution in [0.15, 0.2) is 57.6 Å². The van der Waals surface area contributed by atoms with Crippen LogP contribution in [-0.2, 0) is 21.4 Å². The normalized spacial score (nSPS) is 16.0. The number of carbonyl (C=O) groups excluding carboxylic acids is 1. The number of oxazole rings is 1. The number of likely N-dealkylation sites (tertiary alicyclic amines) is 1. The molecule has 0 aliphatic carbocycles. The highest BCUT2D eigenvalue weighted by Crippen LogP contribution is 2.36. The molecule has 1 saturated heterocycles. The molecule has 4 rings (SSSR count). The molecule has 7 nitrogen and oxygen atoms in total. The Morgan fingerprint density at radius 2 is 1.86 bits per heavy atom. The monoisotopic (exact) mass is 394 g/mol. The molecular weight excluding hydrogens is 372 g/mol. The smallest absolute Gasteiger partial charge is 0.314 e. The number of hydrogen-bond donors (Lipinski definition) is 1. The maximum absolute atomic E-state index is 12.8. The van der Waals surface area contributed by atoms with Gasteiger partial charge < -0.3 is 18.8 Å². The number of piperidine rings is 1. The van der Waals surface area contributed by atoms with E-state index in [0.29, 0.717) is 49.0 Å². The van der Waals surface area contributed by atoms with Crippen LogP contribution in [0.25, 0.3) is 11.7 Å². The zero-order valence-corrected chi connectivity index (χ0v) is 16.1. The molecule has 0 radical (unpaired) electrons. The number of carbonyl (C=O) groups is 2. The first kappa shape index (κ1) is 19.0. The summed E-state index contributed by atoms with van der Waals surface area (Å²) in [5.41, 5.74) is 0.406. The molecule has 1 N–H and O–H groups in total. The van der Waals surface area contributed by atoms with Crippen LogP contribution in [0.2, 0.25) is 0 Å². The molecule has 0 atom stereocenters. The molecule has 1 aliphatic heterocycles. The minimum Gasteiger partial charge on any atom is -0.481 e. The highest BCUT2D eigenvalue weighted by atomic mass is 16.4. The van der Waals surface area contributed by atoms with Gasteiger partial charge in [-0.3, -0.25) is 9.59 Å². The molecular formula is C22H22N2O5. The summed E-state index contributed by atoms with van der Waals surface area (Å²) in [6.07, 6.45) is 2.41. The molecule has 0 saturated carbocycles. The van der Waals surface area contributed by atoms with Crippen LogP contribution in [-0.4, -0.2) is 40.0 Å². The third-order valence-electron chi connectivity index (χ3n) is 5.65. The maximum Gasteiger partial charge on any atom is 0.314 e. The number of benzene rings is 1. The summed E-state index contributed by atoms with van der Waals surface area (Å²) in [4.78, 5) is 31.0. The van der Waals surface area contributed by atoms with Gasteiger partial charge in [-0.15, -0.1) is 0 Å². The Balaban J connectivity index is 1.45. The fraction of sp³-hybridized carbons (Fsp3) is 0.318. The first-order valence-electron chi connectivity index (χ1n) is 9.56. The van der Waals surface area contributed by atoms with Crippen LogP contribution in [0.3, 0.4) is 0 Å². The largest absolute Gasteiger partial charge is 0.481 e. The van der Waals surface area contributed by atoms with Crippen LogP contribution in [0.5, 0.6) is 0 Å². The molecule has 1 aliphatic rings. The fourth-order valence-electron chi connectivity index (χ4n) is 3.87. The second-order valence-corrected chi connectivity index (χ2v) is 7.31. The van der Waals surface area contributed by atoms with Crippen molar-refractivity contribution >= 4 is 11.9 Å². The van der Waals surface area contributed by atoms with Gasteiger partial charge in [0.25, 0.3) is 5.89 Å². The number of aryl methyl sites for hydroxylation is 1. The van der Waals surface area contributed by atoms with Crippen molar-refractivity contribution in [1.82, 2.24) is 9.88 Å². The Morgan fingerprint density at radius 1 is 1.14 bits per heavy atom. The van der Waals surface area contributed by atoms with E-state index in [-0.39, 0.29) is 12.3 Å². The van der Waals surface area contributed by atoms with E-state index >= 15 is 0 Å². The predicted molar refractivity (Wildman–Crippen MR) is 104 cm³/mol. The molecule has 1 fully saturated rings. The first-order valence-corrected chi connectivity index (χ1v) is 9.56. The van der Waals surface area contributed by atoms with E-state index in [1.807, 2.05) is 30.3 Å². The van der Waals surface area contributed by atoms with Crippen molar-refractivity contribution in [2.24, 2.45) is 0 Å². The zero-order valence-electron chi connectivity index (χ0n) is 16.1. The summed E-state index contributed by atoms with van der Waals surface area (Å²) in [5.74, 6) is 0.512. The van der Waals surface area contributed by atoms with Gasteiger partial charge in [-0.2, -0.15) is 0 Å². The SMILES string of the molecule is Cc1oc(-c2ccco2)nc1CC(=O)N1CCC(C(=O)O)(c2ccccc2)CC1. The maximum atomic E-state index is 12.8. The molecule has 0 spiro atoms. The number of rotatable bonds is 5. The van der Waals surface area contributed by atoms with Gasteiger partial charge >= 0.3 is 5.97 Å². The number of amides is 1. The number of carboxylic acids is 1. The predicted octanol–water partition coefficient (Wildman–Crippen LogP) is 3.43. The Labute approximate surface area is 168 Å². The van der Waals surface area contributed by atoms with Gasteiger partial charge in [-0.1, -0.05) is 30.3 Å². The molecule has 150 valence electrons.